The van der Waals surface area contributed by atoms with Crippen LogP contribution in [0.5, 0.6) is 0 Å². The molecule has 1 N–H and O–H groups in total. The molecule has 0 saturated heterocycles. The number of ether oxygens (including phenoxy) is 1. The van der Waals surface area contributed by atoms with E-state index >= 15 is 0 Å². The number of aryl methyl sites for hydroxylation is 1. The number of hydrogen-bond donors (Lipinski definition) is 1. The summed E-state index contributed by atoms with van der Waals surface area (Å²) in [5, 5.41) is 5.02. The molecule has 4 aliphatic rings. The van der Waals surface area contributed by atoms with Gasteiger partial charge in [-0.2, -0.15) is 9.13 Å². The molecule has 0 bridgehead atoms. The van der Waals surface area contributed by atoms with Gasteiger partial charge in [-0.05, 0) is 92.4 Å². The fourth-order valence-electron chi connectivity index (χ4n) is 8.45. The molecule has 3 aromatic rings. The van der Waals surface area contributed by atoms with Crippen LogP contribution in [0.2, 0.25) is 19.6 Å². The summed E-state index contributed by atoms with van der Waals surface area (Å²) < 4.78 is 11.3. The fourth-order valence-corrected chi connectivity index (χ4v) is 10.1. The van der Waals surface area contributed by atoms with Crippen LogP contribution in [0.15, 0.2) is 85.7 Å². The Labute approximate surface area is 270 Å². The summed E-state index contributed by atoms with van der Waals surface area (Å²) in [6.45, 7) is 26.5. The molecule has 3 aliphatic heterocycles. The van der Waals surface area contributed by atoms with Crippen LogP contribution in [0.3, 0.4) is 0 Å². The van der Waals surface area contributed by atoms with E-state index in [0.717, 1.165) is 43.4 Å². The first-order valence-corrected chi connectivity index (χ1v) is 20.5. The second-order valence-corrected chi connectivity index (χ2v) is 20.1. The van der Waals surface area contributed by atoms with Gasteiger partial charge in [0.1, 0.15) is 5.76 Å². The lowest BCUT2D eigenvalue weighted by atomic mass is 9.78. The highest BCUT2D eigenvalue weighted by molar-refractivity contribution is 6.89. The molecule has 1 aromatic carbocycles. The van der Waals surface area contributed by atoms with Crippen molar-refractivity contribution in [1.29, 1.82) is 0 Å². The van der Waals surface area contributed by atoms with Gasteiger partial charge in [-0.1, -0.05) is 58.3 Å². The maximum atomic E-state index is 6.23. The van der Waals surface area contributed by atoms with E-state index < -0.39 is 8.07 Å². The third kappa shape index (κ3) is 5.13. The molecule has 4 nitrogen and oxygen atoms in total. The summed E-state index contributed by atoms with van der Waals surface area (Å²) in [6, 6.07) is 14.1. The van der Waals surface area contributed by atoms with Gasteiger partial charge in [0.05, 0.1) is 19.6 Å². The Morgan fingerprint density at radius 1 is 1.02 bits per heavy atom. The summed E-state index contributed by atoms with van der Waals surface area (Å²) in [5.41, 5.74) is 13.4. The van der Waals surface area contributed by atoms with Crippen molar-refractivity contribution in [2.45, 2.75) is 90.4 Å². The molecular formula is C40H49N3OSi+2. The van der Waals surface area contributed by atoms with Crippen molar-refractivity contribution >= 4 is 24.5 Å². The van der Waals surface area contributed by atoms with Crippen molar-refractivity contribution < 1.29 is 13.9 Å². The van der Waals surface area contributed by atoms with Crippen molar-refractivity contribution in [2.24, 2.45) is 5.92 Å². The highest BCUT2D eigenvalue weighted by Gasteiger charge is 2.49. The minimum Gasteiger partial charge on any atom is -0.442 e. The van der Waals surface area contributed by atoms with Gasteiger partial charge in [-0.15, -0.1) is 0 Å². The number of benzene rings is 1. The molecule has 5 heterocycles. The van der Waals surface area contributed by atoms with Gasteiger partial charge in [0.25, 0.3) is 0 Å². The lowest BCUT2D eigenvalue weighted by Gasteiger charge is -2.32. The lowest BCUT2D eigenvalue weighted by molar-refractivity contribution is -0.728. The smallest absolute Gasteiger partial charge is 0.249 e. The maximum Gasteiger partial charge on any atom is 0.249 e. The van der Waals surface area contributed by atoms with E-state index in [1.54, 1.807) is 5.19 Å². The van der Waals surface area contributed by atoms with Crippen LogP contribution in [0.1, 0.15) is 79.4 Å². The first-order chi connectivity index (χ1) is 21.5. The van der Waals surface area contributed by atoms with Crippen molar-refractivity contribution in [3.63, 3.8) is 0 Å². The largest absolute Gasteiger partial charge is 0.442 e. The minimum absolute atomic E-state index is 0.0872. The maximum absolute atomic E-state index is 6.23. The van der Waals surface area contributed by atoms with E-state index in [4.69, 9.17) is 11.3 Å². The molecule has 0 radical (unpaired) electrons. The quantitative estimate of drug-likeness (QED) is 0.244. The standard InChI is InChI=1S/C40H49N3OSi/c1-25(2)21-31-22-36-34-16-12-11-15-33(34)35-18-17-30-23-41-28(5)44-27(4)38(30)40-32-14-10-9-13-29(32)19-20-42(40)26(3)39(35)43(36)24-37(31)45(6,7)8/h11-12,15-16,19-20,22,24-25,35,39,41H,3-5,9-10,13-14,17-18,21,23H2,1-2,6-8H3/q+2. The monoisotopic (exact) mass is 615 g/mol. The number of fused-ring (bicyclic) bond motifs is 10. The predicted octanol–water partition coefficient (Wildman–Crippen LogP) is 7.51. The first kappa shape index (κ1) is 30.0. The van der Waals surface area contributed by atoms with E-state index in [-0.39, 0.29) is 12.0 Å². The highest BCUT2D eigenvalue weighted by Crippen LogP contribution is 2.46. The van der Waals surface area contributed by atoms with Crippen LogP contribution in [0.25, 0.3) is 22.5 Å². The molecule has 45 heavy (non-hydrogen) atoms. The Morgan fingerprint density at radius 3 is 2.58 bits per heavy atom. The molecule has 1 aliphatic carbocycles. The van der Waals surface area contributed by atoms with Crippen molar-refractivity contribution in [3.05, 3.63) is 114 Å². The Balaban J connectivity index is 1.52. The molecule has 232 valence electrons. The number of pyridine rings is 2. The van der Waals surface area contributed by atoms with E-state index in [1.165, 1.54) is 57.6 Å². The van der Waals surface area contributed by atoms with Crippen molar-refractivity contribution in [1.82, 2.24) is 5.32 Å². The number of hydrogen-bond acceptors (Lipinski definition) is 2. The van der Waals surface area contributed by atoms with Crippen LogP contribution in [0.4, 0.5) is 0 Å². The Hall–Kier alpha value is -3.70. The average Bonchev–Trinajstić information content (AvgIpc) is 3.10. The van der Waals surface area contributed by atoms with Gasteiger partial charge in [0.2, 0.25) is 23.1 Å². The van der Waals surface area contributed by atoms with Crippen LogP contribution in [-0.4, -0.2) is 14.6 Å². The third-order valence-electron chi connectivity index (χ3n) is 10.4. The molecule has 0 spiro atoms. The summed E-state index contributed by atoms with van der Waals surface area (Å²) in [4.78, 5) is 0. The number of nitrogens with zero attached hydrogens (tertiary/aromatic N) is 2. The van der Waals surface area contributed by atoms with E-state index in [9.17, 15) is 0 Å². The molecule has 2 aromatic heterocycles. The molecule has 5 heteroatoms. The minimum atomic E-state index is -1.65. The highest BCUT2D eigenvalue weighted by atomic mass is 28.3. The van der Waals surface area contributed by atoms with Gasteiger partial charge >= 0.3 is 0 Å². The topological polar surface area (TPSA) is 29.0 Å². The Kier molecular flexibility index (Phi) is 7.51. The molecule has 2 atom stereocenters. The number of nitrogens with one attached hydrogen (secondary N) is 1. The van der Waals surface area contributed by atoms with Gasteiger partial charge < -0.3 is 10.1 Å². The van der Waals surface area contributed by atoms with Gasteiger partial charge in [0.15, 0.2) is 18.3 Å². The summed E-state index contributed by atoms with van der Waals surface area (Å²) >= 11 is 0. The third-order valence-corrected chi connectivity index (χ3v) is 12.5. The second-order valence-electron chi connectivity index (χ2n) is 15.0. The molecule has 0 saturated carbocycles. The lowest BCUT2D eigenvalue weighted by Crippen LogP contribution is -2.57. The van der Waals surface area contributed by atoms with E-state index in [1.807, 2.05) is 0 Å². The fraction of sp³-hybridized carbons (Fsp3) is 0.400. The van der Waals surface area contributed by atoms with Crippen molar-refractivity contribution in [3.8, 4) is 11.3 Å². The van der Waals surface area contributed by atoms with Crippen LogP contribution in [0, 0.1) is 5.92 Å². The second kappa shape index (κ2) is 11.3. The van der Waals surface area contributed by atoms with Crippen LogP contribution >= 0.6 is 0 Å². The van der Waals surface area contributed by atoms with Gasteiger partial charge in [-0.25, -0.2) is 0 Å². The molecule has 0 amide bonds. The Morgan fingerprint density at radius 2 is 1.80 bits per heavy atom. The van der Waals surface area contributed by atoms with Crippen molar-refractivity contribution in [2.75, 3.05) is 6.54 Å². The van der Waals surface area contributed by atoms with Crippen LogP contribution in [-0.2, 0) is 24.0 Å². The van der Waals surface area contributed by atoms with Gasteiger partial charge in [-0.3, -0.25) is 0 Å². The zero-order chi connectivity index (χ0) is 31.6. The normalized spacial score (nSPS) is 21.1. The number of allylic oxidation sites excluding steroid dienone is 2. The number of aromatic nitrogens is 2. The van der Waals surface area contributed by atoms with Gasteiger partial charge in [0, 0.05) is 35.0 Å². The summed E-state index contributed by atoms with van der Waals surface area (Å²) in [7, 11) is -1.65. The zero-order valence-electron chi connectivity index (χ0n) is 27.9. The Bertz CT molecular complexity index is 1790. The molecular weight excluding hydrogens is 567 g/mol. The van der Waals surface area contributed by atoms with E-state index in [2.05, 4.69) is 110 Å². The zero-order valence-corrected chi connectivity index (χ0v) is 28.9. The molecule has 0 fully saturated rings. The number of rotatable bonds is 3. The first-order valence-electron chi connectivity index (χ1n) is 17.0. The molecule has 2 unspecified atom stereocenters. The van der Waals surface area contributed by atoms with Crippen LogP contribution < -0.4 is 19.6 Å². The summed E-state index contributed by atoms with van der Waals surface area (Å²) in [6.07, 6.45) is 12.5. The predicted molar refractivity (Wildman–Crippen MR) is 188 cm³/mol. The molecule has 7 rings (SSSR count). The average molecular weight is 616 g/mol. The summed E-state index contributed by atoms with van der Waals surface area (Å²) in [5.74, 6) is 2.14. The van der Waals surface area contributed by atoms with E-state index in [0.29, 0.717) is 24.1 Å². The SMILES string of the molecule is C=C1NCC2=C(C(=C)O1)c1c3c(cc[n+]1C(=C)C1C(CC2)c2ccccc2-c2cc(CC(C)C)c([Si](C)(C)C)c[n+]21)CCCC3.